The lowest BCUT2D eigenvalue weighted by Crippen LogP contribution is -2.14. The Morgan fingerprint density at radius 3 is 2.89 bits per heavy atom. The molecule has 2 heterocycles. The molecular weight excluding hydrogens is 305 g/mol. The van der Waals surface area contributed by atoms with Crippen LogP contribution in [0.2, 0.25) is 5.02 Å². The minimum atomic E-state index is -0.826. The average Bonchev–Trinajstić information content (AvgIpc) is 2.72. The topological polar surface area (TPSA) is 47.8 Å². The van der Waals surface area contributed by atoms with Gasteiger partial charge in [0.2, 0.25) is 0 Å². The van der Waals surface area contributed by atoms with Crippen LogP contribution in [-0.2, 0) is 23.2 Å². The first-order valence-corrected chi connectivity index (χ1v) is 8.45. The van der Waals surface area contributed by atoms with Crippen molar-refractivity contribution in [1.82, 2.24) is 14.5 Å². The summed E-state index contributed by atoms with van der Waals surface area (Å²) in [4.78, 5) is 8.73. The lowest BCUT2D eigenvalue weighted by Gasteiger charge is -2.10. The van der Waals surface area contributed by atoms with Gasteiger partial charge in [0.25, 0.3) is 0 Å². The van der Waals surface area contributed by atoms with Crippen molar-refractivity contribution in [1.29, 1.82) is 0 Å². The van der Waals surface area contributed by atoms with Crippen molar-refractivity contribution in [3.8, 4) is 0 Å². The maximum absolute atomic E-state index is 11.4. The Labute approximate surface area is 124 Å². The molecule has 0 saturated heterocycles. The maximum Gasteiger partial charge on any atom is 0.160 e. The molecule has 0 saturated carbocycles. The van der Waals surface area contributed by atoms with Crippen LogP contribution in [0.3, 0.4) is 0 Å². The number of fused-ring (bicyclic) bond motifs is 1. The Balaban J connectivity index is 2.32. The molecule has 0 radical (unpaired) electrons. The third kappa shape index (κ3) is 3.27. The standard InChI is InChI=1S/C12H15Cl2N3OS/c1-8(19(2)18)3-4-17-11(6-13)16-10-5-9(14)7-15-12(10)17/h5,7-8H,3-4,6H2,1-2H3. The largest absolute Gasteiger partial charge is 0.312 e. The van der Waals surface area contributed by atoms with Crippen LogP contribution >= 0.6 is 23.2 Å². The fourth-order valence-electron chi connectivity index (χ4n) is 1.85. The van der Waals surface area contributed by atoms with Crippen molar-refractivity contribution in [2.45, 2.75) is 31.0 Å². The lowest BCUT2D eigenvalue weighted by atomic mass is 10.3. The summed E-state index contributed by atoms with van der Waals surface area (Å²) in [5.41, 5.74) is 1.52. The predicted octanol–water partition coefficient (Wildman–Crippen LogP) is 2.98. The zero-order valence-corrected chi connectivity index (χ0v) is 13.1. The highest BCUT2D eigenvalue weighted by molar-refractivity contribution is 7.84. The molecule has 0 fully saturated rings. The van der Waals surface area contributed by atoms with Gasteiger partial charge in [0.05, 0.1) is 10.9 Å². The van der Waals surface area contributed by atoms with Gasteiger partial charge in [0.1, 0.15) is 11.3 Å². The van der Waals surface area contributed by atoms with Gasteiger partial charge in [-0.2, -0.15) is 0 Å². The third-order valence-electron chi connectivity index (χ3n) is 3.08. The first kappa shape index (κ1) is 14.8. The number of halogens is 2. The van der Waals surface area contributed by atoms with Crippen LogP contribution in [0.1, 0.15) is 19.2 Å². The molecule has 0 bridgehead atoms. The zero-order chi connectivity index (χ0) is 14.0. The predicted molar refractivity (Wildman–Crippen MR) is 80.2 cm³/mol. The number of hydrogen-bond donors (Lipinski definition) is 0. The second-order valence-electron chi connectivity index (χ2n) is 4.41. The molecule has 0 aliphatic rings. The van der Waals surface area contributed by atoms with E-state index >= 15 is 0 Å². The molecule has 2 aromatic heterocycles. The highest BCUT2D eigenvalue weighted by atomic mass is 35.5. The lowest BCUT2D eigenvalue weighted by molar-refractivity contribution is 0.614. The molecule has 0 spiro atoms. The number of imidazole rings is 1. The second-order valence-corrected chi connectivity index (χ2v) is 6.91. The molecule has 2 atom stereocenters. The van der Waals surface area contributed by atoms with Crippen LogP contribution in [0, 0.1) is 0 Å². The summed E-state index contributed by atoms with van der Waals surface area (Å²) >= 11 is 11.8. The van der Waals surface area contributed by atoms with E-state index in [-0.39, 0.29) is 5.25 Å². The van der Waals surface area contributed by atoms with Crippen LogP contribution < -0.4 is 0 Å². The number of pyridine rings is 1. The van der Waals surface area contributed by atoms with Gasteiger partial charge in [-0.05, 0) is 12.5 Å². The number of aromatic nitrogens is 3. The summed E-state index contributed by atoms with van der Waals surface area (Å²) in [6.45, 7) is 2.67. The van der Waals surface area contributed by atoms with E-state index in [9.17, 15) is 4.21 Å². The monoisotopic (exact) mass is 319 g/mol. The minimum absolute atomic E-state index is 0.132. The Hall–Kier alpha value is -0.650. The number of aryl methyl sites for hydroxylation is 1. The molecule has 2 rings (SSSR count). The van der Waals surface area contributed by atoms with E-state index in [2.05, 4.69) is 9.97 Å². The zero-order valence-electron chi connectivity index (χ0n) is 10.8. The van der Waals surface area contributed by atoms with Gasteiger partial charge >= 0.3 is 0 Å². The number of hydrogen-bond acceptors (Lipinski definition) is 3. The Morgan fingerprint density at radius 2 is 2.26 bits per heavy atom. The SMILES string of the molecule is CC(CCn1c(CCl)nc2cc(Cl)cnc21)S(C)=O. The fraction of sp³-hybridized carbons (Fsp3) is 0.500. The van der Waals surface area contributed by atoms with Crippen molar-refractivity contribution in [2.24, 2.45) is 0 Å². The molecular formula is C12H15Cl2N3OS. The van der Waals surface area contributed by atoms with Crippen LogP contribution in [-0.4, -0.2) is 30.2 Å². The Kier molecular flexibility index (Phi) is 4.81. The summed E-state index contributed by atoms with van der Waals surface area (Å²) in [6, 6.07) is 1.78. The van der Waals surface area contributed by atoms with Gasteiger partial charge in [-0.3, -0.25) is 4.21 Å². The van der Waals surface area contributed by atoms with Crippen LogP contribution in [0.15, 0.2) is 12.3 Å². The smallest absolute Gasteiger partial charge is 0.160 e. The molecule has 2 aromatic rings. The summed E-state index contributed by atoms with van der Waals surface area (Å²) in [5.74, 6) is 1.08. The highest BCUT2D eigenvalue weighted by Gasteiger charge is 2.13. The van der Waals surface area contributed by atoms with E-state index in [0.717, 1.165) is 23.4 Å². The van der Waals surface area contributed by atoms with Crippen molar-refractivity contribution >= 4 is 45.2 Å². The van der Waals surface area contributed by atoms with Gasteiger partial charge in [0, 0.05) is 35.0 Å². The summed E-state index contributed by atoms with van der Waals surface area (Å²) in [5, 5.41) is 0.689. The molecule has 104 valence electrons. The van der Waals surface area contributed by atoms with E-state index in [1.54, 1.807) is 18.5 Å². The molecule has 7 heteroatoms. The first-order chi connectivity index (χ1) is 9.02. The molecule has 0 N–H and O–H groups in total. The molecule has 0 aliphatic carbocycles. The Morgan fingerprint density at radius 1 is 1.53 bits per heavy atom. The summed E-state index contributed by atoms with van der Waals surface area (Å²) in [6.07, 6.45) is 4.11. The molecule has 0 aliphatic heterocycles. The van der Waals surface area contributed by atoms with E-state index in [4.69, 9.17) is 23.2 Å². The first-order valence-electron chi connectivity index (χ1n) is 5.91. The second kappa shape index (κ2) is 6.20. The normalized spacial score (nSPS) is 14.7. The van der Waals surface area contributed by atoms with Gasteiger partial charge in [0.15, 0.2) is 5.65 Å². The molecule has 19 heavy (non-hydrogen) atoms. The van der Waals surface area contributed by atoms with Crippen LogP contribution in [0.25, 0.3) is 11.2 Å². The Bertz CT molecular complexity index is 614. The van der Waals surface area contributed by atoms with E-state index in [1.807, 2.05) is 11.5 Å². The molecule has 4 nitrogen and oxygen atoms in total. The summed E-state index contributed by atoms with van der Waals surface area (Å²) < 4.78 is 13.4. The number of rotatable bonds is 5. The van der Waals surface area contributed by atoms with Crippen molar-refractivity contribution < 1.29 is 4.21 Å². The fourth-order valence-corrected chi connectivity index (χ4v) is 2.64. The molecule has 0 aromatic carbocycles. The van der Waals surface area contributed by atoms with Gasteiger partial charge in [-0.25, -0.2) is 9.97 Å². The van der Waals surface area contributed by atoms with E-state index in [1.165, 1.54) is 0 Å². The van der Waals surface area contributed by atoms with Crippen molar-refractivity contribution in [3.05, 3.63) is 23.1 Å². The highest BCUT2D eigenvalue weighted by Crippen LogP contribution is 2.20. The van der Waals surface area contributed by atoms with Gasteiger partial charge < -0.3 is 4.57 Å². The molecule has 0 amide bonds. The maximum atomic E-state index is 11.4. The molecule has 2 unspecified atom stereocenters. The van der Waals surface area contributed by atoms with Gasteiger partial charge in [-0.1, -0.05) is 18.5 Å². The van der Waals surface area contributed by atoms with Crippen LogP contribution in [0.5, 0.6) is 0 Å². The summed E-state index contributed by atoms with van der Waals surface area (Å²) in [7, 11) is -0.826. The van der Waals surface area contributed by atoms with E-state index in [0.29, 0.717) is 17.4 Å². The van der Waals surface area contributed by atoms with Gasteiger partial charge in [-0.15, -0.1) is 11.6 Å². The van der Waals surface area contributed by atoms with E-state index < -0.39 is 10.8 Å². The average molecular weight is 320 g/mol. The quantitative estimate of drug-likeness (QED) is 0.796. The van der Waals surface area contributed by atoms with Crippen LogP contribution in [0.4, 0.5) is 0 Å². The van der Waals surface area contributed by atoms with Crippen molar-refractivity contribution in [2.75, 3.05) is 6.26 Å². The number of nitrogens with zero attached hydrogens (tertiary/aromatic N) is 3. The minimum Gasteiger partial charge on any atom is -0.312 e. The van der Waals surface area contributed by atoms with Crippen molar-refractivity contribution in [3.63, 3.8) is 0 Å². The third-order valence-corrected chi connectivity index (χ3v) is 4.89. The number of alkyl halides is 1.